The Morgan fingerprint density at radius 1 is 1.17 bits per heavy atom. The number of piperidine rings is 1. The summed E-state index contributed by atoms with van der Waals surface area (Å²) >= 11 is 0. The molecule has 1 unspecified atom stereocenters. The Morgan fingerprint density at radius 2 is 1.79 bits per heavy atom. The Morgan fingerprint density at radius 3 is 2.46 bits per heavy atom. The fourth-order valence-corrected chi connectivity index (χ4v) is 4.20. The maximum absolute atomic E-state index is 12.6. The van der Waals surface area contributed by atoms with Gasteiger partial charge in [0.25, 0.3) is 0 Å². The van der Waals surface area contributed by atoms with Crippen LogP contribution in [0.5, 0.6) is 0 Å². The summed E-state index contributed by atoms with van der Waals surface area (Å²) < 4.78 is 6.83. The normalized spacial score (nSPS) is 26.9. The number of carbonyl (C=O) groups is 1. The summed E-state index contributed by atoms with van der Waals surface area (Å²) in [5.41, 5.74) is 2.94. The SMILES string of the molecule is Cc1cc2[nH]c(=O)n(C(=O)OC3C[C@H]4CC[C@@H](C3)N4C)c2cc1C. The first-order chi connectivity index (χ1) is 11.4. The molecule has 0 radical (unpaired) electrons. The number of nitrogens with zero attached hydrogens (tertiary/aromatic N) is 2. The molecule has 3 heterocycles. The van der Waals surface area contributed by atoms with Crippen LogP contribution in [0.4, 0.5) is 4.79 Å². The first-order valence-corrected chi connectivity index (χ1v) is 8.59. The molecule has 0 amide bonds. The molecule has 1 aromatic heterocycles. The zero-order valence-corrected chi connectivity index (χ0v) is 14.3. The smallest absolute Gasteiger partial charge is 0.423 e. The number of nitrogens with one attached hydrogen (secondary N) is 1. The van der Waals surface area contributed by atoms with Crippen molar-refractivity contribution in [1.29, 1.82) is 0 Å². The van der Waals surface area contributed by atoms with E-state index in [1.54, 1.807) is 0 Å². The van der Waals surface area contributed by atoms with Crippen molar-refractivity contribution in [3.63, 3.8) is 0 Å². The Balaban J connectivity index is 1.61. The van der Waals surface area contributed by atoms with Crippen LogP contribution in [-0.4, -0.2) is 45.8 Å². The molecule has 3 atom stereocenters. The minimum absolute atomic E-state index is 0.102. The third-order valence-electron chi connectivity index (χ3n) is 5.80. The van der Waals surface area contributed by atoms with Gasteiger partial charge in [-0.2, -0.15) is 4.57 Å². The van der Waals surface area contributed by atoms with Crippen LogP contribution in [0.1, 0.15) is 36.8 Å². The molecule has 2 aliphatic rings. The van der Waals surface area contributed by atoms with Gasteiger partial charge < -0.3 is 14.6 Å². The third-order valence-corrected chi connectivity index (χ3v) is 5.80. The van der Waals surface area contributed by atoms with Crippen LogP contribution in [0.3, 0.4) is 0 Å². The molecule has 128 valence electrons. The predicted molar refractivity (Wildman–Crippen MR) is 91.5 cm³/mol. The van der Waals surface area contributed by atoms with Crippen molar-refractivity contribution in [2.24, 2.45) is 0 Å². The van der Waals surface area contributed by atoms with Crippen molar-refractivity contribution >= 4 is 17.1 Å². The van der Waals surface area contributed by atoms with E-state index in [-0.39, 0.29) is 6.10 Å². The third kappa shape index (κ3) is 2.36. The lowest BCUT2D eigenvalue weighted by molar-refractivity contribution is 0.0290. The molecule has 6 heteroatoms. The second-order valence-electron chi connectivity index (χ2n) is 7.25. The Kier molecular flexibility index (Phi) is 3.53. The van der Waals surface area contributed by atoms with Gasteiger partial charge in [0.15, 0.2) is 0 Å². The van der Waals surface area contributed by atoms with Gasteiger partial charge in [-0.15, -0.1) is 0 Å². The number of hydrogen-bond donors (Lipinski definition) is 1. The van der Waals surface area contributed by atoms with Crippen molar-refractivity contribution in [1.82, 2.24) is 14.5 Å². The molecule has 2 fully saturated rings. The van der Waals surface area contributed by atoms with E-state index in [0.717, 1.165) is 28.5 Å². The van der Waals surface area contributed by atoms with E-state index in [4.69, 9.17) is 4.74 Å². The van der Waals surface area contributed by atoms with E-state index >= 15 is 0 Å². The first-order valence-electron chi connectivity index (χ1n) is 8.59. The summed E-state index contributed by atoms with van der Waals surface area (Å²) in [5, 5.41) is 0. The summed E-state index contributed by atoms with van der Waals surface area (Å²) in [6.07, 6.45) is 3.38. The molecule has 4 rings (SSSR count). The van der Waals surface area contributed by atoms with Crippen molar-refractivity contribution in [3.8, 4) is 0 Å². The molecule has 6 nitrogen and oxygen atoms in total. The topological polar surface area (TPSA) is 67.3 Å². The zero-order chi connectivity index (χ0) is 17.0. The molecule has 0 spiro atoms. The second kappa shape index (κ2) is 5.48. The average molecular weight is 329 g/mol. The van der Waals surface area contributed by atoms with Crippen LogP contribution in [-0.2, 0) is 4.74 Å². The number of carbonyl (C=O) groups excluding carboxylic acids is 1. The fourth-order valence-electron chi connectivity index (χ4n) is 4.20. The van der Waals surface area contributed by atoms with Gasteiger partial charge in [0.2, 0.25) is 0 Å². The molecule has 1 aromatic carbocycles. The lowest BCUT2D eigenvalue weighted by Crippen LogP contribution is -2.44. The number of benzene rings is 1. The predicted octanol–water partition coefficient (Wildman–Crippen LogP) is 2.56. The van der Waals surface area contributed by atoms with E-state index in [2.05, 4.69) is 16.9 Å². The molecule has 24 heavy (non-hydrogen) atoms. The number of ether oxygens (including phenoxy) is 1. The number of H-pyrrole nitrogens is 1. The van der Waals surface area contributed by atoms with Crippen LogP contribution < -0.4 is 5.69 Å². The molecular formula is C18H23N3O3. The minimum Gasteiger partial charge on any atom is -0.445 e. The zero-order valence-electron chi connectivity index (χ0n) is 14.3. The molecule has 0 saturated carbocycles. The monoisotopic (exact) mass is 329 g/mol. The number of imidazole rings is 1. The van der Waals surface area contributed by atoms with Gasteiger partial charge in [-0.25, -0.2) is 9.59 Å². The highest BCUT2D eigenvalue weighted by Gasteiger charge is 2.40. The van der Waals surface area contributed by atoms with Gasteiger partial charge >= 0.3 is 11.8 Å². The molecule has 2 aliphatic heterocycles. The summed E-state index contributed by atoms with van der Waals surface area (Å²) in [5.74, 6) is 0. The fraction of sp³-hybridized carbons (Fsp3) is 0.556. The number of aryl methyl sites for hydroxylation is 2. The van der Waals surface area contributed by atoms with Gasteiger partial charge in [0.1, 0.15) is 6.10 Å². The van der Waals surface area contributed by atoms with Crippen molar-refractivity contribution in [3.05, 3.63) is 33.7 Å². The van der Waals surface area contributed by atoms with Gasteiger partial charge in [-0.3, -0.25) is 0 Å². The molecule has 0 aliphatic carbocycles. The summed E-state index contributed by atoms with van der Waals surface area (Å²) in [7, 11) is 2.15. The van der Waals surface area contributed by atoms with Crippen LogP contribution in [0.25, 0.3) is 11.0 Å². The largest absolute Gasteiger partial charge is 0.445 e. The lowest BCUT2D eigenvalue weighted by atomic mass is 10.0. The molecule has 2 bridgehead atoms. The number of rotatable bonds is 1. The molecule has 1 N–H and O–H groups in total. The summed E-state index contributed by atoms with van der Waals surface area (Å²) in [4.78, 5) is 30.0. The van der Waals surface area contributed by atoms with Gasteiger partial charge in [0, 0.05) is 24.9 Å². The lowest BCUT2D eigenvalue weighted by Gasteiger charge is -2.35. The van der Waals surface area contributed by atoms with E-state index < -0.39 is 11.8 Å². The van der Waals surface area contributed by atoms with Crippen LogP contribution >= 0.6 is 0 Å². The number of fused-ring (bicyclic) bond motifs is 3. The number of aromatic amines is 1. The minimum atomic E-state index is -0.566. The summed E-state index contributed by atoms with van der Waals surface area (Å²) in [6, 6.07) is 4.74. The van der Waals surface area contributed by atoms with Crippen LogP contribution in [0.2, 0.25) is 0 Å². The highest BCUT2D eigenvalue weighted by Crippen LogP contribution is 2.35. The van der Waals surface area contributed by atoms with Crippen LogP contribution in [0.15, 0.2) is 16.9 Å². The maximum atomic E-state index is 12.6. The Hall–Kier alpha value is -2.08. The van der Waals surface area contributed by atoms with Gasteiger partial charge in [-0.1, -0.05) is 0 Å². The number of aromatic nitrogens is 2. The van der Waals surface area contributed by atoms with Crippen LogP contribution in [0, 0.1) is 13.8 Å². The van der Waals surface area contributed by atoms with E-state index in [1.807, 2.05) is 26.0 Å². The van der Waals surface area contributed by atoms with Crippen molar-refractivity contribution < 1.29 is 9.53 Å². The van der Waals surface area contributed by atoms with Crippen molar-refractivity contribution in [2.75, 3.05) is 7.05 Å². The quantitative estimate of drug-likeness (QED) is 0.873. The Bertz CT molecular complexity index is 852. The maximum Gasteiger partial charge on any atom is 0.423 e. The van der Waals surface area contributed by atoms with E-state index in [0.29, 0.717) is 23.1 Å². The van der Waals surface area contributed by atoms with Crippen molar-refractivity contribution in [2.45, 2.75) is 57.7 Å². The average Bonchev–Trinajstić information content (AvgIpc) is 2.91. The molecular weight excluding hydrogens is 306 g/mol. The number of hydrogen-bond acceptors (Lipinski definition) is 4. The highest BCUT2D eigenvalue weighted by atomic mass is 16.6. The van der Waals surface area contributed by atoms with E-state index in [1.165, 1.54) is 12.8 Å². The molecule has 2 aromatic rings. The highest BCUT2D eigenvalue weighted by molar-refractivity contribution is 5.87. The Labute approximate surface area is 140 Å². The van der Waals surface area contributed by atoms with Gasteiger partial charge in [0.05, 0.1) is 11.0 Å². The standard InChI is InChI=1S/C18H23N3O3/c1-10-6-15-16(7-11(10)2)21(17(22)19-15)18(23)24-14-8-12-4-5-13(9-14)20(12)3/h6-7,12-14H,4-5,8-9H2,1-3H3,(H,19,22)/t12-,13+,14?. The van der Waals surface area contributed by atoms with Gasteiger partial charge in [-0.05, 0) is 57.0 Å². The molecule has 2 saturated heterocycles. The second-order valence-corrected chi connectivity index (χ2v) is 7.25. The summed E-state index contributed by atoms with van der Waals surface area (Å²) in [6.45, 7) is 3.95. The van der Waals surface area contributed by atoms with E-state index in [9.17, 15) is 9.59 Å². The first kappa shape index (κ1) is 15.4.